The quantitative estimate of drug-likeness (QED) is 0.274. The Morgan fingerprint density at radius 1 is 1.06 bits per heavy atom. The number of carbonyl (C=O) groups excluding carboxylic acids is 1. The monoisotopic (exact) mass is 440 g/mol. The van der Waals surface area contributed by atoms with Crippen LogP contribution in [0.4, 0.5) is 0 Å². The molecule has 3 aromatic rings. The number of benzene rings is 2. The van der Waals surface area contributed by atoms with Gasteiger partial charge in [-0.25, -0.2) is 9.59 Å². The van der Waals surface area contributed by atoms with Gasteiger partial charge in [0.2, 0.25) is 0 Å². The molecular formula is C22H21ClN4O4. The number of amidine groups is 1. The van der Waals surface area contributed by atoms with Crippen molar-refractivity contribution in [3.05, 3.63) is 103 Å². The van der Waals surface area contributed by atoms with Crippen LogP contribution in [0.25, 0.3) is 0 Å². The smallest absolute Gasteiger partial charge is 0.367 e. The Balaban J connectivity index is 2.00. The molecule has 0 fully saturated rings. The number of oxime groups is 1. The Morgan fingerprint density at radius 2 is 1.71 bits per heavy atom. The van der Waals surface area contributed by atoms with Gasteiger partial charge in [0.25, 0.3) is 5.56 Å². The second-order valence-corrected chi connectivity index (χ2v) is 7.45. The number of rotatable bonds is 6. The lowest BCUT2D eigenvalue weighted by atomic mass is 10.2. The summed E-state index contributed by atoms with van der Waals surface area (Å²) in [5.74, 6) is -1.16. The molecule has 1 aromatic heterocycles. The van der Waals surface area contributed by atoms with Crippen LogP contribution < -0.4 is 17.0 Å². The van der Waals surface area contributed by atoms with Crippen molar-refractivity contribution in [2.45, 2.75) is 26.4 Å². The fourth-order valence-corrected chi connectivity index (χ4v) is 3.10. The lowest BCUT2D eigenvalue weighted by molar-refractivity contribution is 0.0516. The van der Waals surface area contributed by atoms with E-state index >= 15 is 0 Å². The van der Waals surface area contributed by atoms with E-state index in [-0.39, 0.29) is 34.6 Å². The van der Waals surface area contributed by atoms with Crippen molar-refractivity contribution < 1.29 is 9.63 Å². The molecule has 9 heteroatoms. The minimum Gasteiger partial charge on any atom is -0.380 e. The number of aromatic nitrogens is 2. The van der Waals surface area contributed by atoms with Gasteiger partial charge >= 0.3 is 11.7 Å². The molecule has 2 aromatic carbocycles. The van der Waals surface area contributed by atoms with Crippen LogP contribution in [0.5, 0.6) is 0 Å². The predicted molar refractivity (Wildman–Crippen MR) is 118 cm³/mol. The Morgan fingerprint density at radius 3 is 2.35 bits per heavy atom. The van der Waals surface area contributed by atoms with Crippen LogP contribution >= 0.6 is 11.6 Å². The average molecular weight is 441 g/mol. The molecule has 0 spiro atoms. The largest absolute Gasteiger partial charge is 0.380 e. The van der Waals surface area contributed by atoms with Crippen molar-refractivity contribution in [2.75, 3.05) is 0 Å². The van der Waals surface area contributed by atoms with Crippen LogP contribution in [-0.4, -0.2) is 20.9 Å². The van der Waals surface area contributed by atoms with Crippen LogP contribution in [0.2, 0.25) is 5.02 Å². The number of carbonyl (C=O) groups is 1. The number of halogens is 1. The zero-order chi connectivity index (χ0) is 22.5. The maximum atomic E-state index is 13.0. The summed E-state index contributed by atoms with van der Waals surface area (Å²) in [6.07, 6.45) is 1.32. The molecule has 0 aliphatic heterocycles. The molecule has 0 aliphatic rings. The first kappa shape index (κ1) is 22.0. The highest BCUT2D eigenvalue weighted by Gasteiger charge is 2.18. The standard InChI is InChI=1S/C22H21ClN4O4/c1-14(2)26-13-17(19(24)25-31-21(29)16-10-6-7-11-18(16)23)20(28)27(22(26)30)12-15-8-4-3-5-9-15/h3-11,13-14H,12H2,1-2H3,(H2,24,25). The first-order valence-electron chi connectivity index (χ1n) is 9.49. The molecule has 8 nitrogen and oxygen atoms in total. The Kier molecular flexibility index (Phi) is 6.71. The van der Waals surface area contributed by atoms with Crippen LogP contribution in [0.15, 0.2) is 75.5 Å². The minimum absolute atomic E-state index is 0.0591. The summed E-state index contributed by atoms with van der Waals surface area (Å²) in [4.78, 5) is 42.9. The van der Waals surface area contributed by atoms with E-state index in [2.05, 4.69) is 5.16 Å². The predicted octanol–water partition coefficient (Wildman–Crippen LogP) is 2.77. The van der Waals surface area contributed by atoms with Gasteiger partial charge in [-0.05, 0) is 31.5 Å². The van der Waals surface area contributed by atoms with E-state index in [1.807, 2.05) is 18.2 Å². The van der Waals surface area contributed by atoms with Crippen molar-refractivity contribution >= 4 is 23.4 Å². The Hall–Kier alpha value is -3.65. The van der Waals surface area contributed by atoms with E-state index in [0.717, 1.165) is 10.1 Å². The molecule has 0 saturated carbocycles. The minimum atomic E-state index is -0.824. The highest BCUT2D eigenvalue weighted by atomic mass is 35.5. The summed E-state index contributed by atoms with van der Waals surface area (Å²) in [5, 5.41) is 3.80. The Labute approximate surface area is 183 Å². The van der Waals surface area contributed by atoms with Crippen molar-refractivity contribution in [2.24, 2.45) is 10.9 Å². The molecule has 1 heterocycles. The van der Waals surface area contributed by atoms with E-state index < -0.39 is 17.2 Å². The molecule has 0 atom stereocenters. The molecule has 3 rings (SSSR count). The highest BCUT2D eigenvalue weighted by molar-refractivity contribution is 6.33. The van der Waals surface area contributed by atoms with Crippen LogP contribution in [0.3, 0.4) is 0 Å². The van der Waals surface area contributed by atoms with Gasteiger partial charge < -0.3 is 10.6 Å². The highest BCUT2D eigenvalue weighted by Crippen LogP contribution is 2.16. The number of hydrogen-bond acceptors (Lipinski definition) is 5. The zero-order valence-corrected chi connectivity index (χ0v) is 17.7. The van der Waals surface area contributed by atoms with Gasteiger partial charge in [-0.3, -0.25) is 13.9 Å². The van der Waals surface area contributed by atoms with Crippen LogP contribution in [0, 0.1) is 0 Å². The van der Waals surface area contributed by atoms with E-state index in [4.69, 9.17) is 22.2 Å². The van der Waals surface area contributed by atoms with Gasteiger partial charge in [0, 0.05) is 12.2 Å². The first-order chi connectivity index (χ1) is 14.8. The average Bonchev–Trinajstić information content (AvgIpc) is 2.75. The summed E-state index contributed by atoms with van der Waals surface area (Å²) in [6.45, 7) is 3.66. The van der Waals surface area contributed by atoms with Gasteiger partial charge in [-0.2, -0.15) is 0 Å². The third-order valence-electron chi connectivity index (χ3n) is 4.53. The molecule has 0 aliphatic carbocycles. The lowest BCUT2D eigenvalue weighted by Gasteiger charge is -2.15. The van der Waals surface area contributed by atoms with Gasteiger partial charge in [0.1, 0.15) is 5.56 Å². The summed E-state index contributed by atoms with van der Waals surface area (Å²) in [7, 11) is 0. The molecule has 160 valence electrons. The number of hydrogen-bond donors (Lipinski definition) is 1. The fraction of sp³-hybridized carbons (Fsp3) is 0.182. The van der Waals surface area contributed by atoms with Crippen LogP contribution in [0.1, 0.15) is 41.4 Å². The van der Waals surface area contributed by atoms with Crippen molar-refractivity contribution in [1.29, 1.82) is 0 Å². The summed E-state index contributed by atoms with van der Waals surface area (Å²) >= 11 is 5.98. The summed E-state index contributed by atoms with van der Waals surface area (Å²) in [6, 6.07) is 15.1. The van der Waals surface area contributed by atoms with Gasteiger partial charge in [0.05, 0.1) is 17.1 Å². The molecule has 0 unspecified atom stereocenters. The summed E-state index contributed by atoms with van der Waals surface area (Å²) < 4.78 is 2.45. The molecule has 31 heavy (non-hydrogen) atoms. The van der Waals surface area contributed by atoms with E-state index in [9.17, 15) is 14.4 Å². The zero-order valence-electron chi connectivity index (χ0n) is 17.0. The van der Waals surface area contributed by atoms with Crippen molar-refractivity contribution in [1.82, 2.24) is 9.13 Å². The molecular weight excluding hydrogens is 420 g/mol. The molecule has 0 radical (unpaired) electrons. The molecule has 0 amide bonds. The third kappa shape index (κ3) is 4.92. The maximum absolute atomic E-state index is 13.0. The number of nitrogens with two attached hydrogens (primary N) is 1. The van der Waals surface area contributed by atoms with Crippen molar-refractivity contribution in [3.63, 3.8) is 0 Å². The topological polar surface area (TPSA) is 109 Å². The second-order valence-electron chi connectivity index (χ2n) is 7.04. The SMILES string of the molecule is CC(C)n1cc(/C(N)=N/OC(=O)c2ccccc2Cl)c(=O)n(Cc2ccccc2)c1=O. The maximum Gasteiger partial charge on any atom is 0.367 e. The Bertz CT molecular complexity index is 1250. The van der Waals surface area contributed by atoms with E-state index in [0.29, 0.717) is 0 Å². The fourth-order valence-electron chi connectivity index (χ4n) is 2.89. The molecule has 0 saturated heterocycles. The lowest BCUT2D eigenvalue weighted by Crippen LogP contribution is -2.44. The third-order valence-corrected chi connectivity index (χ3v) is 4.86. The van der Waals surface area contributed by atoms with Crippen LogP contribution in [-0.2, 0) is 11.4 Å². The normalized spacial score (nSPS) is 11.5. The molecule has 2 N–H and O–H groups in total. The van der Waals surface area contributed by atoms with Crippen molar-refractivity contribution in [3.8, 4) is 0 Å². The first-order valence-corrected chi connectivity index (χ1v) is 9.87. The van der Waals surface area contributed by atoms with Gasteiger partial charge in [0.15, 0.2) is 5.84 Å². The second kappa shape index (κ2) is 9.44. The summed E-state index contributed by atoms with van der Waals surface area (Å²) in [5.41, 5.74) is 5.66. The van der Waals surface area contributed by atoms with Gasteiger partial charge in [-0.15, -0.1) is 0 Å². The van der Waals surface area contributed by atoms with E-state index in [1.165, 1.54) is 22.9 Å². The number of nitrogens with zero attached hydrogens (tertiary/aromatic N) is 3. The molecule has 0 bridgehead atoms. The van der Waals surface area contributed by atoms with E-state index in [1.54, 1.807) is 38.1 Å². The van der Waals surface area contributed by atoms with Gasteiger partial charge in [-0.1, -0.05) is 59.2 Å².